The van der Waals surface area contributed by atoms with Gasteiger partial charge in [-0.3, -0.25) is 4.40 Å². The number of hydrogen-bond donors (Lipinski definition) is 1. The summed E-state index contributed by atoms with van der Waals surface area (Å²) < 4.78 is 41.0. The maximum absolute atomic E-state index is 13.4. The number of halogens is 3. The molecule has 25 heavy (non-hydrogen) atoms. The minimum absolute atomic E-state index is 0.0410. The summed E-state index contributed by atoms with van der Waals surface area (Å²) in [7, 11) is 0. The smallest absolute Gasteiger partial charge is 0.397 e. The Hall–Kier alpha value is -2.81. The second kappa shape index (κ2) is 5.62. The molecule has 0 spiro atoms. The van der Waals surface area contributed by atoms with Crippen LogP contribution >= 0.6 is 11.8 Å². The molecular weight excluding hydrogens is 351 g/mol. The number of alkyl halides is 3. The van der Waals surface area contributed by atoms with Gasteiger partial charge in [0.1, 0.15) is 10.5 Å². The molecule has 4 rings (SSSR count). The molecule has 0 amide bonds. The molecule has 0 radical (unpaired) electrons. The molecule has 126 valence electrons. The Balaban J connectivity index is 2.05. The van der Waals surface area contributed by atoms with Crippen LogP contribution in [0.5, 0.6) is 0 Å². The third-order valence-corrected chi connectivity index (χ3v) is 4.54. The first kappa shape index (κ1) is 15.7. The van der Waals surface area contributed by atoms with Crippen molar-refractivity contribution in [2.45, 2.75) is 16.1 Å². The summed E-state index contributed by atoms with van der Waals surface area (Å²) in [5.41, 5.74) is 6.75. The lowest BCUT2D eigenvalue weighted by Gasteiger charge is -2.10. The first-order chi connectivity index (χ1) is 11.9. The van der Waals surface area contributed by atoms with Crippen molar-refractivity contribution in [2.24, 2.45) is 0 Å². The molecule has 2 N–H and O–H groups in total. The van der Waals surface area contributed by atoms with E-state index >= 15 is 0 Å². The van der Waals surface area contributed by atoms with E-state index in [1.54, 1.807) is 12.1 Å². The number of nitrogen functional groups attached to an aromatic ring is 1. The molecule has 2 heterocycles. The number of aromatic nitrogens is 4. The van der Waals surface area contributed by atoms with Gasteiger partial charge in [-0.25, -0.2) is 4.98 Å². The summed E-state index contributed by atoms with van der Waals surface area (Å²) in [6, 6.07) is 13.9. The third-order valence-electron chi connectivity index (χ3n) is 3.57. The summed E-state index contributed by atoms with van der Waals surface area (Å²) in [5, 5.41) is 7.38. The van der Waals surface area contributed by atoms with Gasteiger partial charge in [-0.05, 0) is 24.3 Å². The molecular formula is C16H10F3N5S. The van der Waals surface area contributed by atoms with E-state index in [-0.39, 0.29) is 22.4 Å². The molecule has 4 aromatic rings. The minimum Gasteiger partial charge on any atom is -0.397 e. The standard InChI is InChI=1S/C16H10F3N5S/c17-16(18,19)15-23-22-13-14(25-9-5-2-1-3-6-9)21-12-10(20)7-4-8-11(12)24(13)15/h1-8H,20H2. The highest BCUT2D eigenvalue weighted by Gasteiger charge is 2.38. The summed E-state index contributed by atoms with van der Waals surface area (Å²) in [4.78, 5) is 5.26. The van der Waals surface area contributed by atoms with Gasteiger partial charge in [-0.2, -0.15) is 13.2 Å². The molecule has 5 nitrogen and oxygen atoms in total. The molecule has 0 atom stereocenters. The molecule has 2 aromatic carbocycles. The predicted molar refractivity (Wildman–Crippen MR) is 88.3 cm³/mol. The van der Waals surface area contributed by atoms with Gasteiger partial charge in [0, 0.05) is 4.90 Å². The second-order valence-corrected chi connectivity index (χ2v) is 6.29. The number of fused-ring (bicyclic) bond motifs is 3. The fourth-order valence-electron chi connectivity index (χ4n) is 2.51. The fraction of sp³-hybridized carbons (Fsp3) is 0.0625. The molecule has 0 saturated carbocycles. The van der Waals surface area contributed by atoms with Gasteiger partial charge in [-0.15, -0.1) is 10.2 Å². The largest absolute Gasteiger partial charge is 0.452 e. The molecule has 0 bridgehead atoms. The first-order valence-corrected chi connectivity index (χ1v) is 8.00. The second-order valence-electron chi connectivity index (χ2n) is 5.23. The van der Waals surface area contributed by atoms with E-state index < -0.39 is 12.0 Å². The minimum atomic E-state index is -4.65. The molecule has 0 fully saturated rings. The van der Waals surface area contributed by atoms with Crippen molar-refractivity contribution in [3.05, 3.63) is 54.4 Å². The van der Waals surface area contributed by atoms with Crippen LogP contribution < -0.4 is 5.73 Å². The van der Waals surface area contributed by atoms with Gasteiger partial charge < -0.3 is 5.73 Å². The van der Waals surface area contributed by atoms with E-state index in [0.717, 1.165) is 9.30 Å². The highest BCUT2D eigenvalue weighted by molar-refractivity contribution is 7.99. The Labute approximate surface area is 143 Å². The lowest BCUT2D eigenvalue weighted by molar-refractivity contribution is -0.145. The molecule has 9 heteroatoms. The van der Waals surface area contributed by atoms with Gasteiger partial charge in [0.25, 0.3) is 0 Å². The molecule has 2 aromatic heterocycles. The van der Waals surface area contributed by atoms with Crippen molar-refractivity contribution in [1.82, 2.24) is 19.6 Å². The van der Waals surface area contributed by atoms with Crippen LogP contribution in [-0.2, 0) is 6.18 Å². The zero-order chi connectivity index (χ0) is 17.6. The van der Waals surface area contributed by atoms with E-state index in [0.29, 0.717) is 5.03 Å². The number of nitrogens with two attached hydrogens (primary N) is 1. The molecule has 0 unspecified atom stereocenters. The van der Waals surface area contributed by atoms with Crippen molar-refractivity contribution < 1.29 is 13.2 Å². The van der Waals surface area contributed by atoms with Gasteiger partial charge in [0.05, 0.1) is 11.2 Å². The molecule has 0 aliphatic rings. The number of para-hydroxylation sites is 1. The van der Waals surface area contributed by atoms with Gasteiger partial charge in [0.15, 0.2) is 5.65 Å². The molecule has 0 saturated heterocycles. The number of hydrogen-bond acceptors (Lipinski definition) is 5. The van der Waals surface area contributed by atoms with Crippen LogP contribution in [0.25, 0.3) is 16.7 Å². The van der Waals surface area contributed by atoms with Crippen LogP contribution in [0.1, 0.15) is 5.82 Å². The number of benzene rings is 2. The highest BCUT2D eigenvalue weighted by Crippen LogP contribution is 2.36. The maximum Gasteiger partial charge on any atom is 0.452 e. The lowest BCUT2D eigenvalue weighted by Crippen LogP contribution is -2.12. The van der Waals surface area contributed by atoms with Crippen molar-refractivity contribution in [1.29, 1.82) is 0 Å². The average molecular weight is 361 g/mol. The molecule has 0 aliphatic carbocycles. The highest BCUT2D eigenvalue weighted by atomic mass is 32.2. The Bertz CT molecular complexity index is 1080. The van der Waals surface area contributed by atoms with E-state index in [1.807, 2.05) is 30.3 Å². The third kappa shape index (κ3) is 2.66. The van der Waals surface area contributed by atoms with Crippen LogP contribution in [0.15, 0.2) is 58.5 Å². The molecule has 0 aliphatic heterocycles. The predicted octanol–water partition coefficient (Wildman–Crippen LogP) is 4.03. The van der Waals surface area contributed by atoms with Crippen LogP contribution in [0.2, 0.25) is 0 Å². The van der Waals surface area contributed by atoms with Crippen LogP contribution in [-0.4, -0.2) is 19.6 Å². The van der Waals surface area contributed by atoms with Crippen molar-refractivity contribution in [2.75, 3.05) is 5.73 Å². The monoisotopic (exact) mass is 361 g/mol. The number of rotatable bonds is 2. The van der Waals surface area contributed by atoms with Crippen LogP contribution in [0, 0.1) is 0 Å². The summed E-state index contributed by atoms with van der Waals surface area (Å²) in [5.74, 6) is -1.10. The van der Waals surface area contributed by atoms with Gasteiger partial charge in [0.2, 0.25) is 5.82 Å². The van der Waals surface area contributed by atoms with Gasteiger partial charge >= 0.3 is 6.18 Å². The van der Waals surface area contributed by atoms with E-state index in [2.05, 4.69) is 15.2 Å². The van der Waals surface area contributed by atoms with Crippen molar-refractivity contribution >= 4 is 34.1 Å². The first-order valence-electron chi connectivity index (χ1n) is 7.18. The summed E-state index contributed by atoms with van der Waals surface area (Å²) >= 11 is 1.21. The van der Waals surface area contributed by atoms with Crippen LogP contribution in [0.3, 0.4) is 0 Å². The average Bonchev–Trinajstić information content (AvgIpc) is 3.03. The van der Waals surface area contributed by atoms with Crippen molar-refractivity contribution in [3.8, 4) is 0 Å². The fourth-order valence-corrected chi connectivity index (χ4v) is 3.38. The van der Waals surface area contributed by atoms with Gasteiger partial charge in [-0.1, -0.05) is 36.0 Å². The normalized spacial score (nSPS) is 12.1. The van der Waals surface area contributed by atoms with Crippen LogP contribution in [0.4, 0.5) is 18.9 Å². The zero-order valence-electron chi connectivity index (χ0n) is 12.5. The zero-order valence-corrected chi connectivity index (χ0v) is 13.3. The SMILES string of the molecule is Nc1cccc2c1nc(Sc1ccccc1)c1nnc(C(F)(F)F)n12. The van der Waals surface area contributed by atoms with E-state index in [1.165, 1.54) is 17.8 Å². The quantitative estimate of drug-likeness (QED) is 0.546. The summed E-state index contributed by atoms with van der Waals surface area (Å²) in [6.07, 6.45) is -4.65. The summed E-state index contributed by atoms with van der Waals surface area (Å²) in [6.45, 7) is 0. The van der Waals surface area contributed by atoms with E-state index in [4.69, 9.17) is 5.73 Å². The Kier molecular flexibility index (Phi) is 3.53. The Morgan fingerprint density at radius 2 is 1.72 bits per heavy atom. The van der Waals surface area contributed by atoms with E-state index in [9.17, 15) is 13.2 Å². The maximum atomic E-state index is 13.4. The number of nitrogens with zero attached hydrogens (tertiary/aromatic N) is 4. The lowest BCUT2D eigenvalue weighted by atomic mass is 10.2. The van der Waals surface area contributed by atoms with Crippen molar-refractivity contribution in [3.63, 3.8) is 0 Å². The Morgan fingerprint density at radius 3 is 2.44 bits per heavy atom. The Morgan fingerprint density at radius 1 is 0.960 bits per heavy atom. The topological polar surface area (TPSA) is 69.1 Å². The number of anilines is 1.